The Hall–Kier alpha value is -3.28. The highest BCUT2D eigenvalue weighted by Gasteiger charge is 2.22. The molecular weight excluding hydrogens is 517 g/mol. The lowest BCUT2D eigenvalue weighted by atomic mass is 9.97. The molecule has 11 heteroatoms. The number of nitro benzene ring substituents is 1. The van der Waals surface area contributed by atoms with Crippen LogP contribution in [0.2, 0.25) is 0 Å². The van der Waals surface area contributed by atoms with E-state index in [0.717, 1.165) is 47.2 Å². The van der Waals surface area contributed by atoms with E-state index in [1.54, 1.807) is 23.5 Å². The minimum atomic E-state index is -0.410. The Bertz CT molecular complexity index is 1710. The first-order valence-corrected chi connectivity index (χ1v) is 14.0. The van der Waals surface area contributed by atoms with Crippen LogP contribution in [-0.2, 0) is 12.8 Å². The summed E-state index contributed by atoms with van der Waals surface area (Å²) in [7, 11) is 0. The summed E-state index contributed by atoms with van der Waals surface area (Å²) in [5.74, 6) is 1.11. The number of thiazole rings is 1. The average Bonchev–Trinajstić information content (AvgIpc) is 3.44. The van der Waals surface area contributed by atoms with Crippen molar-refractivity contribution in [2.45, 2.75) is 41.8 Å². The predicted octanol–water partition coefficient (Wildman–Crippen LogP) is 6.60. The van der Waals surface area contributed by atoms with E-state index in [4.69, 9.17) is 4.74 Å². The molecule has 0 atom stereocenters. The smallest absolute Gasteiger partial charge is 0.284 e. The summed E-state index contributed by atoms with van der Waals surface area (Å²) in [5, 5.41) is 12.6. The largest absolute Gasteiger partial charge is 0.494 e. The number of thiophene rings is 1. The average molecular weight is 537 g/mol. The second-order valence-electron chi connectivity index (χ2n) is 8.39. The highest BCUT2D eigenvalue weighted by atomic mass is 32.2. The first-order chi connectivity index (χ1) is 17.5. The van der Waals surface area contributed by atoms with Gasteiger partial charge >= 0.3 is 0 Å². The van der Waals surface area contributed by atoms with E-state index in [9.17, 15) is 14.9 Å². The van der Waals surface area contributed by atoms with E-state index in [1.165, 1.54) is 34.0 Å². The number of nitrogens with zero attached hydrogens (tertiary/aromatic N) is 3. The number of rotatable bonds is 6. The minimum absolute atomic E-state index is 0.0556. The number of nitrogens with one attached hydrogen (secondary N) is 1. The predicted molar refractivity (Wildman–Crippen MR) is 144 cm³/mol. The summed E-state index contributed by atoms with van der Waals surface area (Å²) < 4.78 is 7.21. The van der Waals surface area contributed by atoms with E-state index in [-0.39, 0.29) is 11.2 Å². The molecule has 0 fully saturated rings. The summed E-state index contributed by atoms with van der Waals surface area (Å²) in [6, 6.07) is 10.6. The third kappa shape index (κ3) is 4.16. The highest BCUT2D eigenvalue weighted by Crippen LogP contribution is 2.41. The number of hydrogen-bond acceptors (Lipinski definition) is 9. The van der Waals surface area contributed by atoms with Gasteiger partial charge in [0, 0.05) is 16.5 Å². The highest BCUT2D eigenvalue weighted by molar-refractivity contribution is 8.01. The number of benzene rings is 2. The summed E-state index contributed by atoms with van der Waals surface area (Å²) in [6.45, 7) is 2.50. The maximum atomic E-state index is 12.9. The molecule has 1 aliphatic carbocycles. The monoisotopic (exact) mass is 536 g/mol. The summed E-state index contributed by atoms with van der Waals surface area (Å²) in [5.41, 5.74) is 2.20. The molecule has 0 saturated heterocycles. The standard InChI is InChI=1S/C25H20N4O4S3/c1-2-33-14-8-9-16-20(12-14)36-25(26-16)35-19-10-7-13(11-17(19)29(31)32)22-27-23(30)21-15-5-3-4-6-18(15)34-24(21)28-22/h7-12H,2-6H2,1H3,(H,27,28,30). The van der Waals surface area contributed by atoms with Gasteiger partial charge in [0.2, 0.25) is 0 Å². The molecule has 0 saturated carbocycles. The van der Waals surface area contributed by atoms with Crippen LogP contribution in [0.3, 0.4) is 0 Å². The maximum Gasteiger partial charge on any atom is 0.284 e. The van der Waals surface area contributed by atoms with Crippen LogP contribution < -0.4 is 10.3 Å². The zero-order valence-electron chi connectivity index (χ0n) is 19.2. The van der Waals surface area contributed by atoms with Crippen molar-refractivity contribution in [2.75, 3.05) is 6.61 Å². The van der Waals surface area contributed by atoms with E-state index in [2.05, 4.69) is 15.0 Å². The molecule has 36 heavy (non-hydrogen) atoms. The number of H-pyrrole nitrogens is 1. The molecule has 0 spiro atoms. The number of fused-ring (bicyclic) bond motifs is 4. The SMILES string of the molecule is CCOc1ccc2nc(Sc3ccc(-c4nc5sc6c(c5c(=O)[nH]4)CCCC6)cc3[N+](=O)[O-])sc2c1. The maximum absolute atomic E-state index is 12.9. The van der Waals surface area contributed by atoms with Gasteiger partial charge in [-0.25, -0.2) is 9.97 Å². The number of hydrogen-bond donors (Lipinski definition) is 1. The summed E-state index contributed by atoms with van der Waals surface area (Å²) >= 11 is 4.27. The topological polar surface area (TPSA) is 111 Å². The molecule has 0 amide bonds. The fourth-order valence-corrected chi connectivity index (χ4v) is 7.87. The Morgan fingerprint density at radius 3 is 2.83 bits per heavy atom. The Morgan fingerprint density at radius 2 is 2.00 bits per heavy atom. The minimum Gasteiger partial charge on any atom is -0.494 e. The lowest BCUT2D eigenvalue weighted by molar-refractivity contribution is -0.387. The second-order valence-corrected chi connectivity index (χ2v) is 11.8. The molecule has 3 heterocycles. The lowest BCUT2D eigenvalue weighted by Gasteiger charge is -2.09. The van der Waals surface area contributed by atoms with E-state index in [1.807, 2.05) is 25.1 Å². The van der Waals surface area contributed by atoms with Gasteiger partial charge in [0.15, 0.2) is 4.34 Å². The molecule has 0 radical (unpaired) electrons. The van der Waals surface area contributed by atoms with Crippen molar-refractivity contribution in [1.29, 1.82) is 0 Å². The van der Waals surface area contributed by atoms with Gasteiger partial charge in [0.25, 0.3) is 11.2 Å². The number of aromatic amines is 1. The molecule has 0 bridgehead atoms. The van der Waals surface area contributed by atoms with Crippen molar-refractivity contribution in [1.82, 2.24) is 15.0 Å². The summed E-state index contributed by atoms with van der Waals surface area (Å²) in [4.78, 5) is 39.1. The quantitative estimate of drug-likeness (QED) is 0.192. The summed E-state index contributed by atoms with van der Waals surface area (Å²) in [6.07, 6.45) is 4.07. The van der Waals surface area contributed by atoms with Crippen molar-refractivity contribution >= 4 is 60.6 Å². The van der Waals surface area contributed by atoms with Crippen molar-refractivity contribution in [3.05, 3.63) is 67.3 Å². The Morgan fingerprint density at radius 1 is 1.14 bits per heavy atom. The molecule has 5 aromatic rings. The molecule has 6 rings (SSSR count). The van der Waals surface area contributed by atoms with Crippen LogP contribution in [0.25, 0.3) is 31.8 Å². The van der Waals surface area contributed by atoms with Gasteiger partial charge in [-0.05, 0) is 68.5 Å². The Labute approximate surface area is 217 Å². The van der Waals surface area contributed by atoms with E-state index >= 15 is 0 Å². The molecular formula is C25H20N4O4S3. The van der Waals surface area contributed by atoms with Crippen LogP contribution in [0.5, 0.6) is 5.75 Å². The van der Waals surface area contributed by atoms with Crippen LogP contribution in [0.15, 0.2) is 50.4 Å². The van der Waals surface area contributed by atoms with Crippen molar-refractivity contribution < 1.29 is 9.66 Å². The third-order valence-electron chi connectivity index (χ3n) is 6.10. The van der Waals surface area contributed by atoms with Gasteiger partial charge in [-0.2, -0.15) is 0 Å². The van der Waals surface area contributed by atoms with Crippen molar-refractivity contribution in [2.24, 2.45) is 0 Å². The number of nitro groups is 1. The van der Waals surface area contributed by atoms with E-state index < -0.39 is 4.92 Å². The first-order valence-electron chi connectivity index (χ1n) is 11.5. The van der Waals surface area contributed by atoms with Gasteiger partial charge in [0.1, 0.15) is 16.4 Å². The molecule has 182 valence electrons. The molecule has 3 aromatic heterocycles. The molecule has 0 unspecified atom stereocenters. The second kappa shape index (κ2) is 9.30. The molecule has 0 aliphatic heterocycles. The molecule has 8 nitrogen and oxygen atoms in total. The third-order valence-corrected chi connectivity index (χ3v) is 9.43. The number of ether oxygens (including phenoxy) is 1. The zero-order chi connectivity index (χ0) is 24.8. The fourth-order valence-electron chi connectivity index (χ4n) is 4.47. The van der Waals surface area contributed by atoms with Gasteiger partial charge < -0.3 is 9.72 Å². The molecule has 2 aromatic carbocycles. The molecule has 1 N–H and O–H groups in total. The van der Waals surface area contributed by atoms with Crippen molar-refractivity contribution in [3.8, 4) is 17.1 Å². The number of aromatic nitrogens is 3. The molecule has 1 aliphatic rings. The van der Waals surface area contributed by atoms with Crippen LogP contribution >= 0.6 is 34.4 Å². The van der Waals surface area contributed by atoms with E-state index in [0.29, 0.717) is 37.4 Å². The van der Waals surface area contributed by atoms with Gasteiger partial charge in [0.05, 0.1) is 32.0 Å². The lowest BCUT2D eigenvalue weighted by Crippen LogP contribution is -2.11. The number of aryl methyl sites for hydroxylation is 2. The Balaban J connectivity index is 1.36. The zero-order valence-corrected chi connectivity index (χ0v) is 21.6. The van der Waals surface area contributed by atoms with Crippen LogP contribution in [0, 0.1) is 10.1 Å². The van der Waals surface area contributed by atoms with Gasteiger partial charge in [-0.15, -0.1) is 22.7 Å². The Kier molecular flexibility index (Phi) is 5.98. The van der Waals surface area contributed by atoms with Crippen LogP contribution in [0.4, 0.5) is 5.69 Å². The normalized spacial score (nSPS) is 13.2. The first kappa shape index (κ1) is 23.1. The van der Waals surface area contributed by atoms with Gasteiger partial charge in [-0.1, -0.05) is 11.8 Å². The van der Waals surface area contributed by atoms with Crippen molar-refractivity contribution in [3.63, 3.8) is 0 Å². The van der Waals surface area contributed by atoms with Crippen LogP contribution in [-0.4, -0.2) is 26.5 Å². The fraction of sp³-hybridized carbons (Fsp3) is 0.240. The van der Waals surface area contributed by atoms with Gasteiger partial charge in [-0.3, -0.25) is 14.9 Å². The van der Waals surface area contributed by atoms with Crippen LogP contribution in [0.1, 0.15) is 30.2 Å².